The van der Waals surface area contributed by atoms with Gasteiger partial charge >= 0.3 is 0 Å². The van der Waals surface area contributed by atoms with Gasteiger partial charge in [0.05, 0.1) is 30.1 Å². The zero-order chi connectivity index (χ0) is 14.5. The minimum Gasteiger partial charge on any atom is -0.379 e. The van der Waals surface area contributed by atoms with Crippen molar-refractivity contribution in [2.75, 3.05) is 32.8 Å². The van der Waals surface area contributed by atoms with E-state index in [9.17, 15) is 15.4 Å². The number of rotatable bonds is 4. The first kappa shape index (κ1) is 17.4. The number of benzene rings is 1. The van der Waals surface area contributed by atoms with Crippen LogP contribution >= 0.6 is 12.4 Å². The molecule has 1 fully saturated rings. The second-order valence-corrected chi connectivity index (χ2v) is 4.89. The second-order valence-electron chi connectivity index (χ2n) is 4.89. The van der Waals surface area contributed by atoms with Crippen LogP contribution in [0.2, 0.25) is 0 Å². The average Bonchev–Trinajstić information content (AvgIpc) is 2.46. The lowest BCUT2D eigenvalue weighted by Crippen LogP contribution is -2.38. The number of non-ortho nitro benzene ring substituents is 1. The van der Waals surface area contributed by atoms with Crippen LogP contribution in [0.15, 0.2) is 18.2 Å². The lowest BCUT2D eigenvalue weighted by molar-refractivity contribution is -0.384. The first-order valence-electron chi connectivity index (χ1n) is 6.56. The van der Waals surface area contributed by atoms with E-state index in [4.69, 9.17) is 4.74 Å². The van der Waals surface area contributed by atoms with Crippen LogP contribution in [0.5, 0.6) is 0 Å². The van der Waals surface area contributed by atoms with Crippen molar-refractivity contribution in [3.63, 3.8) is 0 Å². The molecule has 1 aromatic carbocycles. The molecule has 21 heavy (non-hydrogen) atoms. The molecular formula is C14H18ClN3O3. The summed E-state index contributed by atoms with van der Waals surface area (Å²) in [5.74, 6) is -0.354. The SMILES string of the molecule is Cc1ccc([N+](=O)[O-])cc1C(C#N)CN1CCOCC1.Cl. The summed E-state index contributed by atoms with van der Waals surface area (Å²) < 4.78 is 5.28. The first-order valence-corrected chi connectivity index (χ1v) is 6.56. The Bertz CT molecular complexity index is 539. The Morgan fingerprint density at radius 2 is 2.14 bits per heavy atom. The lowest BCUT2D eigenvalue weighted by Gasteiger charge is -2.28. The predicted octanol–water partition coefficient (Wildman–Crippen LogP) is 2.26. The third kappa shape index (κ3) is 4.39. The van der Waals surface area contributed by atoms with E-state index in [0.29, 0.717) is 19.8 Å². The Morgan fingerprint density at radius 1 is 1.48 bits per heavy atom. The molecule has 0 aromatic heterocycles. The highest BCUT2D eigenvalue weighted by molar-refractivity contribution is 5.85. The smallest absolute Gasteiger partial charge is 0.269 e. The molecule has 0 bridgehead atoms. The molecule has 7 heteroatoms. The minimum atomic E-state index is -0.424. The summed E-state index contributed by atoms with van der Waals surface area (Å²) in [6, 6.07) is 6.96. The van der Waals surface area contributed by atoms with Gasteiger partial charge in [0.15, 0.2) is 0 Å². The summed E-state index contributed by atoms with van der Waals surface area (Å²) in [7, 11) is 0. The van der Waals surface area contributed by atoms with Gasteiger partial charge < -0.3 is 4.74 Å². The van der Waals surface area contributed by atoms with E-state index >= 15 is 0 Å². The van der Waals surface area contributed by atoms with Crippen molar-refractivity contribution in [3.8, 4) is 6.07 Å². The van der Waals surface area contributed by atoms with E-state index < -0.39 is 4.92 Å². The molecule has 1 saturated heterocycles. The molecule has 0 spiro atoms. The number of halogens is 1. The first-order chi connectivity index (χ1) is 9.61. The molecule has 1 heterocycles. The summed E-state index contributed by atoms with van der Waals surface area (Å²) in [5, 5.41) is 20.2. The number of hydrogen-bond donors (Lipinski definition) is 0. The molecule has 6 nitrogen and oxygen atoms in total. The fourth-order valence-electron chi connectivity index (χ4n) is 2.37. The minimum absolute atomic E-state index is 0. The van der Waals surface area contributed by atoms with E-state index in [-0.39, 0.29) is 24.0 Å². The summed E-state index contributed by atoms with van der Waals surface area (Å²) >= 11 is 0. The third-order valence-electron chi connectivity index (χ3n) is 3.55. The second kappa shape index (κ2) is 7.93. The standard InChI is InChI=1S/C14H17N3O3.ClH/c1-11-2-3-13(17(18)19)8-14(11)12(9-15)10-16-4-6-20-7-5-16;/h2-3,8,12H,4-7,10H2,1H3;1H. The highest BCUT2D eigenvalue weighted by Gasteiger charge is 2.21. The van der Waals surface area contributed by atoms with Crippen molar-refractivity contribution in [2.45, 2.75) is 12.8 Å². The van der Waals surface area contributed by atoms with Crippen LogP contribution in [-0.4, -0.2) is 42.7 Å². The lowest BCUT2D eigenvalue weighted by atomic mass is 9.94. The molecule has 0 amide bonds. The van der Waals surface area contributed by atoms with Crippen LogP contribution < -0.4 is 0 Å². The van der Waals surface area contributed by atoms with Crippen molar-refractivity contribution < 1.29 is 9.66 Å². The zero-order valence-corrected chi connectivity index (χ0v) is 12.6. The van der Waals surface area contributed by atoms with E-state index in [1.165, 1.54) is 12.1 Å². The van der Waals surface area contributed by atoms with Crippen molar-refractivity contribution in [1.29, 1.82) is 5.26 Å². The zero-order valence-electron chi connectivity index (χ0n) is 11.8. The highest BCUT2D eigenvalue weighted by Crippen LogP contribution is 2.25. The Balaban J connectivity index is 0.00000220. The maximum absolute atomic E-state index is 10.9. The van der Waals surface area contributed by atoms with Gasteiger partial charge in [-0.25, -0.2) is 0 Å². The number of hydrogen-bond acceptors (Lipinski definition) is 5. The predicted molar refractivity (Wildman–Crippen MR) is 80.7 cm³/mol. The molecule has 0 saturated carbocycles. The van der Waals surface area contributed by atoms with E-state index in [1.54, 1.807) is 6.07 Å². The van der Waals surface area contributed by atoms with Crippen LogP contribution in [0.1, 0.15) is 17.0 Å². The van der Waals surface area contributed by atoms with Crippen LogP contribution in [-0.2, 0) is 4.74 Å². The van der Waals surface area contributed by atoms with Gasteiger partial charge in [-0.15, -0.1) is 12.4 Å². The molecule has 0 aliphatic carbocycles. The van der Waals surface area contributed by atoms with Crippen LogP contribution in [0, 0.1) is 28.4 Å². The van der Waals surface area contributed by atoms with E-state index in [0.717, 1.165) is 24.2 Å². The number of nitriles is 1. The summed E-state index contributed by atoms with van der Waals surface area (Å²) in [5.41, 5.74) is 1.69. The number of nitrogens with zero attached hydrogens (tertiary/aromatic N) is 3. The fraction of sp³-hybridized carbons (Fsp3) is 0.500. The van der Waals surface area contributed by atoms with Crippen molar-refractivity contribution in [3.05, 3.63) is 39.4 Å². The number of aryl methyl sites for hydroxylation is 1. The average molecular weight is 312 g/mol. The van der Waals surface area contributed by atoms with Crippen LogP contribution in [0.4, 0.5) is 5.69 Å². The molecule has 1 aromatic rings. The van der Waals surface area contributed by atoms with E-state index in [2.05, 4.69) is 11.0 Å². The van der Waals surface area contributed by atoms with Crippen molar-refractivity contribution >= 4 is 18.1 Å². The van der Waals surface area contributed by atoms with E-state index in [1.807, 2.05) is 6.92 Å². The number of ether oxygens (including phenoxy) is 1. The molecule has 0 radical (unpaired) electrons. The molecule has 0 N–H and O–H groups in total. The van der Waals surface area contributed by atoms with Gasteiger partial charge in [0.1, 0.15) is 0 Å². The number of morpholine rings is 1. The summed E-state index contributed by atoms with van der Waals surface area (Å²) in [4.78, 5) is 12.6. The monoisotopic (exact) mass is 311 g/mol. The van der Waals surface area contributed by atoms with Gasteiger partial charge in [-0.3, -0.25) is 15.0 Å². The van der Waals surface area contributed by atoms with Gasteiger partial charge in [0, 0.05) is 31.8 Å². The van der Waals surface area contributed by atoms with Crippen molar-refractivity contribution in [2.24, 2.45) is 0 Å². The Hall–Kier alpha value is -1.68. The number of nitro benzene ring substituents is 1. The Morgan fingerprint density at radius 3 is 2.71 bits per heavy atom. The molecule has 114 valence electrons. The molecule has 1 aliphatic rings. The van der Waals surface area contributed by atoms with Gasteiger partial charge in [-0.2, -0.15) is 5.26 Å². The molecule has 2 rings (SSSR count). The third-order valence-corrected chi connectivity index (χ3v) is 3.55. The normalized spacial score (nSPS) is 16.6. The molecular weight excluding hydrogens is 294 g/mol. The van der Waals surface area contributed by atoms with Crippen molar-refractivity contribution in [1.82, 2.24) is 4.90 Å². The molecule has 1 atom stereocenters. The fourth-order valence-corrected chi connectivity index (χ4v) is 2.37. The topological polar surface area (TPSA) is 79.4 Å². The maximum atomic E-state index is 10.9. The summed E-state index contributed by atoms with van der Waals surface area (Å²) in [6.45, 7) is 5.40. The maximum Gasteiger partial charge on any atom is 0.269 e. The molecule has 1 aliphatic heterocycles. The largest absolute Gasteiger partial charge is 0.379 e. The van der Waals surface area contributed by atoms with Gasteiger partial charge in [0.25, 0.3) is 5.69 Å². The Labute approximate surface area is 129 Å². The van der Waals surface area contributed by atoms with Crippen LogP contribution in [0.3, 0.4) is 0 Å². The van der Waals surface area contributed by atoms with Gasteiger partial charge in [-0.05, 0) is 18.1 Å². The van der Waals surface area contributed by atoms with Gasteiger partial charge in [0.2, 0.25) is 0 Å². The molecule has 1 unspecified atom stereocenters. The van der Waals surface area contributed by atoms with Gasteiger partial charge in [-0.1, -0.05) is 6.07 Å². The number of nitro groups is 1. The Kier molecular flexibility index (Phi) is 6.56. The quantitative estimate of drug-likeness (QED) is 0.629. The highest BCUT2D eigenvalue weighted by atomic mass is 35.5. The summed E-state index contributed by atoms with van der Waals surface area (Å²) in [6.07, 6.45) is 0. The van der Waals surface area contributed by atoms with Crippen LogP contribution in [0.25, 0.3) is 0 Å².